The number of nitrogens with zero attached hydrogens (tertiary/aromatic N) is 1. The van der Waals surface area contributed by atoms with E-state index in [1.54, 1.807) is 6.20 Å². The Balaban J connectivity index is 1.89. The topological polar surface area (TPSA) is 54.0 Å². The van der Waals surface area contributed by atoms with Gasteiger partial charge in [-0.25, -0.2) is 4.79 Å². The number of hydrogen-bond donors (Lipinski definition) is 2. The molecule has 1 saturated carbocycles. The van der Waals surface area contributed by atoms with Gasteiger partial charge in [0, 0.05) is 11.7 Å². The Morgan fingerprint density at radius 3 is 2.86 bits per heavy atom. The SMILES string of the molecule is Cc1ccc(NC(=O)NC2CC2)cn1. The van der Waals surface area contributed by atoms with Crippen molar-refractivity contribution < 1.29 is 4.79 Å². The number of anilines is 1. The van der Waals surface area contributed by atoms with Gasteiger partial charge < -0.3 is 10.6 Å². The molecule has 4 heteroatoms. The molecule has 1 heterocycles. The summed E-state index contributed by atoms with van der Waals surface area (Å²) in [6, 6.07) is 3.95. The Morgan fingerprint density at radius 2 is 2.29 bits per heavy atom. The smallest absolute Gasteiger partial charge is 0.319 e. The van der Waals surface area contributed by atoms with E-state index in [4.69, 9.17) is 0 Å². The number of aromatic nitrogens is 1. The number of pyridine rings is 1. The average molecular weight is 191 g/mol. The van der Waals surface area contributed by atoms with E-state index in [-0.39, 0.29) is 6.03 Å². The van der Waals surface area contributed by atoms with E-state index in [1.807, 2.05) is 19.1 Å². The van der Waals surface area contributed by atoms with Crippen LogP contribution in [0.25, 0.3) is 0 Å². The molecule has 1 aliphatic rings. The normalized spacial score (nSPS) is 14.9. The molecule has 2 N–H and O–H groups in total. The Hall–Kier alpha value is -1.58. The van der Waals surface area contributed by atoms with Crippen molar-refractivity contribution in [3.05, 3.63) is 24.0 Å². The lowest BCUT2D eigenvalue weighted by molar-refractivity contribution is 0.251. The van der Waals surface area contributed by atoms with Gasteiger partial charge in [0.2, 0.25) is 0 Å². The summed E-state index contributed by atoms with van der Waals surface area (Å²) >= 11 is 0. The standard InChI is InChI=1S/C10H13N3O/c1-7-2-3-9(6-11-7)13-10(14)12-8-4-5-8/h2-3,6,8H,4-5H2,1H3,(H2,12,13,14). The lowest BCUT2D eigenvalue weighted by atomic mass is 10.3. The third-order valence-corrected chi connectivity index (χ3v) is 2.08. The Morgan fingerprint density at radius 1 is 1.50 bits per heavy atom. The molecule has 1 aromatic heterocycles. The predicted octanol–water partition coefficient (Wildman–Crippen LogP) is 1.67. The molecule has 14 heavy (non-hydrogen) atoms. The number of carbonyl (C=O) groups is 1. The lowest BCUT2D eigenvalue weighted by Gasteiger charge is -2.05. The molecule has 1 fully saturated rings. The largest absolute Gasteiger partial charge is 0.335 e. The summed E-state index contributed by atoms with van der Waals surface area (Å²) in [5.41, 5.74) is 1.67. The molecular weight excluding hydrogens is 178 g/mol. The highest BCUT2D eigenvalue weighted by molar-refractivity contribution is 5.89. The van der Waals surface area contributed by atoms with Crippen molar-refractivity contribution in [1.82, 2.24) is 10.3 Å². The lowest BCUT2D eigenvalue weighted by Crippen LogP contribution is -2.30. The Bertz CT molecular complexity index is 330. The zero-order valence-electron chi connectivity index (χ0n) is 8.08. The van der Waals surface area contributed by atoms with Gasteiger partial charge in [0.05, 0.1) is 11.9 Å². The molecule has 0 aliphatic heterocycles. The van der Waals surface area contributed by atoms with E-state index < -0.39 is 0 Å². The van der Waals surface area contributed by atoms with Gasteiger partial charge in [-0.1, -0.05) is 0 Å². The molecule has 2 rings (SSSR count). The first-order chi connectivity index (χ1) is 6.74. The molecule has 0 radical (unpaired) electrons. The van der Waals surface area contributed by atoms with Gasteiger partial charge >= 0.3 is 6.03 Å². The molecule has 0 aromatic carbocycles. The van der Waals surface area contributed by atoms with Gasteiger partial charge in [-0.15, -0.1) is 0 Å². The van der Waals surface area contributed by atoms with Crippen molar-refractivity contribution in [1.29, 1.82) is 0 Å². The molecule has 0 unspecified atom stereocenters. The first-order valence-corrected chi connectivity index (χ1v) is 4.74. The number of urea groups is 1. The minimum Gasteiger partial charge on any atom is -0.335 e. The van der Waals surface area contributed by atoms with Crippen molar-refractivity contribution in [2.75, 3.05) is 5.32 Å². The summed E-state index contributed by atoms with van der Waals surface area (Å²) in [4.78, 5) is 15.4. The fraction of sp³-hybridized carbons (Fsp3) is 0.400. The van der Waals surface area contributed by atoms with Crippen molar-refractivity contribution in [2.45, 2.75) is 25.8 Å². The monoisotopic (exact) mass is 191 g/mol. The van der Waals surface area contributed by atoms with Crippen LogP contribution in [-0.4, -0.2) is 17.1 Å². The zero-order valence-corrected chi connectivity index (χ0v) is 8.08. The number of carbonyl (C=O) groups excluding carboxylic acids is 1. The van der Waals surface area contributed by atoms with E-state index >= 15 is 0 Å². The summed E-state index contributed by atoms with van der Waals surface area (Å²) < 4.78 is 0. The van der Waals surface area contributed by atoms with Crippen molar-refractivity contribution in [2.24, 2.45) is 0 Å². The zero-order chi connectivity index (χ0) is 9.97. The third kappa shape index (κ3) is 2.45. The van der Waals surface area contributed by atoms with Gasteiger partial charge in [-0.2, -0.15) is 0 Å². The second-order valence-electron chi connectivity index (χ2n) is 3.56. The van der Waals surface area contributed by atoms with Gasteiger partial charge in [-0.05, 0) is 31.9 Å². The number of aryl methyl sites for hydroxylation is 1. The van der Waals surface area contributed by atoms with Crippen LogP contribution < -0.4 is 10.6 Å². The highest BCUT2D eigenvalue weighted by Crippen LogP contribution is 2.18. The molecule has 0 spiro atoms. The number of rotatable bonds is 2. The Labute approximate surface area is 82.7 Å². The van der Waals surface area contributed by atoms with Gasteiger partial charge in [-0.3, -0.25) is 4.98 Å². The second-order valence-corrected chi connectivity index (χ2v) is 3.56. The van der Waals surface area contributed by atoms with Crippen LogP contribution in [0.4, 0.5) is 10.5 Å². The predicted molar refractivity (Wildman–Crippen MR) is 54.2 cm³/mol. The van der Waals surface area contributed by atoms with Crippen LogP contribution in [0.2, 0.25) is 0 Å². The summed E-state index contributed by atoms with van der Waals surface area (Å²) in [7, 11) is 0. The molecule has 0 atom stereocenters. The molecule has 0 bridgehead atoms. The Kier molecular flexibility index (Phi) is 2.35. The van der Waals surface area contributed by atoms with Gasteiger partial charge in [0.1, 0.15) is 0 Å². The fourth-order valence-electron chi connectivity index (χ4n) is 1.12. The minimum absolute atomic E-state index is 0.141. The van der Waals surface area contributed by atoms with Gasteiger partial charge in [0.15, 0.2) is 0 Å². The quantitative estimate of drug-likeness (QED) is 0.747. The van der Waals surface area contributed by atoms with E-state index in [1.165, 1.54) is 0 Å². The first-order valence-electron chi connectivity index (χ1n) is 4.74. The summed E-state index contributed by atoms with van der Waals surface area (Å²) in [6.07, 6.45) is 3.85. The molecular formula is C10H13N3O. The highest BCUT2D eigenvalue weighted by Gasteiger charge is 2.23. The maximum absolute atomic E-state index is 11.3. The van der Waals surface area contributed by atoms with E-state index in [9.17, 15) is 4.79 Å². The molecule has 1 aromatic rings. The summed E-state index contributed by atoms with van der Waals surface area (Å²) in [6.45, 7) is 1.91. The summed E-state index contributed by atoms with van der Waals surface area (Å²) in [5.74, 6) is 0. The number of hydrogen-bond acceptors (Lipinski definition) is 2. The average Bonchev–Trinajstić information content (AvgIpc) is 2.93. The highest BCUT2D eigenvalue weighted by atomic mass is 16.2. The van der Waals surface area contributed by atoms with Crippen molar-refractivity contribution >= 4 is 11.7 Å². The van der Waals surface area contributed by atoms with Crippen LogP contribution in [0.5, 0.6) is 0 Å². The van der Waals surface area contributed by atoms with E-state index in [2.05, 4.69) is 15.6 Å². The van der Waals surface area contributed by atoms with E-state index in [0.717, 1.165) is 24.2 Å². The van der Waals surface area contributed by atoms with Crippen LogP contribution in [0.15, 0.2) is 18.3 Å². The number of amides is 2. The third-order valence-electron chi connectivity index (χ3n) is 2.08. The van der Waals surface area contributed by atoms with Crippen LogP contribution in [0.3, 0.4) is 0 Å². The molecule has 2 amide bonds. The minimum atomic E-state index is -0.141. The van der Waals surface area contributed by atoms with Crippen molar-refractivity contribution in [3.8, 4) is 0 Å². The fourth-order valence-corrected chi connectivity index (χ4v) is 1.12. The maximum Gasteiger partial charge on any atom is 0.319 e. The first kappa shape index (κ1) is 8.99. The van der Waals surface area contributed by atoms with Gasteiger partial charge in [0.25, 0.3) is 0 Å². The number of nitrogens with one attached hydrogen (secondary N) is 2. The van der Waals surface area contributed by atoms with Crippen LogP contribution in [0, 0.1) is 6.92 Å². The van der Waals surface area contributed by atoms with Crippen LogP contribution >= 0.6 is 0 Å². The summed E-state index contributed by atoms with van der Waals surface area (Å²) in [5, 5.41) is 5.57. The van der Waals surface area contributed by atoms with Crippen molar-refractivity contribution in [3.63, 3.8) is 0 Å². The maximum atomic E-state index is 11.3. The van der Waals surface area contributed by atoms with Crippen LogP contribution in [-0.2, 0) is 0 Å². The molecule has 0 saturated heterocycles. The second kappa shape index (κ2) is 3.65. The molecule has 4 nitrogen and oxygen atoms in total. The van der Waals surface area contributed by atoms with Crippen LogP contribution in [0.1, 0.15) is 18.5 Å². The van der Waals surface area contributed by atoms with E-state index in [0.29, 0.717) is 6.04 Å². The molecule has 1 aliphatic carbocycles. The molecule has 74 valence electrons.